The normalized spacial score (nSPS) is 15.7. The van der Waals surface area contributed by atoms with Crippen LogP contribution < -0.4 is 10.9 Å². The number of carbonyl (C=O) groups excluding carboxylic acids is 1. The molecule has 1 N–H and O–H groups in total. The standard InChI is InChI=1S/C26H38N2O4/c1-17(2)22-15-23-21(14-25(29)32-24(23)13-19(22)5)16-28-10-7-20(8-11-28)26(30)27-9-6-12-31-18(3)4/h13-15,17-18,20H,6-12,16H2,1-5H3,(H,27,30). The lowest BCUT2D eigenvalue weighted by atomic mass is 9.93. The predicted octanol–water partition coefficient (Wildman–Crippen LogP) is 4.37. The summed E-state index contributed by atoms with van der Waals surface area (Å²) >= 11 is 0. The second kappa shape index (κ2) is 11.1. The van der Waals surface area contributed by atoms with E-state index in [1.165, 1.54) is 5.56 Å². The SMILES string of the molecule is Cc1cc2oc(=O)cc(CN3CCC(C(=O)NCCCOC(C)C)CC3)c2cc1C(C)C. The maximum Gasteiger partial charge on any atom is 0.336 e. The minimum atomic E-state index is -0.306. The second-order valence-corrected chi connectivity index (χ2v) is 9.56. The maximum absolute atomic E-state index is 12.5. The average molecular weight is 443 g/mol. The van der Waals surface area contributed by atoms with Gasteiger partial charge in [0.15, 0.2) is 0 Å². The molecule has 1 saturated heterocycles. The Morgan fingerprint density at radius 2 is 1.91 bits per heavy atom. The molecule has 0 saturated carbocycles. The Morgan fingerprint density at radius 3 is 2.56 bits per heavy atom. The van der Waals surface area contributed by atoms with E-state index >= 15 is 0 Å². The Morgan fingerprint density at radius 1 is 1.19 bits per heavy atom. The summed E-state index contributed by atoms with van der Waals surface area (Å²) in [7, 11) is 0. The molecule has 2 aromatic rings. The van der Waals surface area contributed by atoms with Gasteiger partial charge in [-0.25, -0.2) is 4.79 Å². The highest BCUT2D eigenvalue weighted by Crippen LogP contribution is 2.28. The van der Waals surface area contributed by atoms with Gasteiger partial charge < -0.3 is 14.5 Å². The van der Waals surface area contributed by atoms with Crippen LogP contribution in [0.3, 0.4) is 0 Å². The van der Waals surface area contributed by atoms with Crippen molar-refractivity contribution in [2.45, 2.75) is 72.4 Å². The number of nitrogens with zero attached hydrogens (tertiary/aromatic N) is 1. The average Bonchev–Trinajstić information content (AvgIpc) is 2.72. The van der Waals surface area contributed by atoms with Gasteiger partial charge in [0.2, 0.25) is 5.91 Å². The molecule has 0 bridgehead atoms. The first-order valence-electron chi connectivity index (χ1n) is 11.9. The number of hydrogen-bond acceptors (Lipinski definition) is 5. The number of benzene rings is 1. The fraction of sp³-hybridized carbons (Fsp3) is 0.615. The van der Waals surface area contributed by atoms with E-state index in [4.69, 9.17) is 9.15 Å². The first-order chi connectivity index (χ1) is 15.2. The summed E-state index contributed by atoms with van der Waals surface area (Å²) < 4.78 is 11.0. The molecule has 6 nitrogen and oxygen atoms in total. The van der Waals surface area contributed by atoms with Crippen LogP contribution >= 0.6 is 0 Å². The molecule has 1 aliphatic heterocycles. The van der Waals surface area contributed by atoms with Crippen molar-refractivity contribution in [3.05, 3.63) is 45.3 Å². The summed E-state index contributed by atoms with van der Waals surface area (Å²) in [6.07, 6.45) is 2.74. The molecule has 1 amide bonds. The van der Waals surface area contributed by atoms with Gasteiger partial charge in [-0.15, -0.1) is 0 Å². The molecule has 6 heteroatoms. The number of hydrogen-bond donors (Lipinski definition) is 1. The lowest BCUT2D eigenvalue weighted by Crippen LogP contribution is -2.40. The summed E-state index contributed by atoms with van der Waals surface area (Å²) in [5.74, 6) is 0.618. The molecule has 2 heterocycles. The number of ether oxygens (including phenoxy) is 1. The monoisotopic (exact) mass is 442 g/mol. The molecule has 1 aromatic carbocycles. The molecule has 3 rings (SSSR count). The summed E-state index contributed by atoms with van der Waals surface area (Å²) in [4.78, 5) is 27.0. The fourth-order valence-electron chi connectivity index (χ4n) is 4.49. The van der Waals surface area contributed by atoms with Crippen molar-refractivity contribution in [3.8, 4) is 0 Å². The van der Waals surface area contributed by atoms with Crippen LogP contribution in [0.15, 0.2) is 27.4 Å². The van der Waals surface area contributed by atoms with E-state index in [0.717, 1.165) is 48.9 Å². The number of fused-ring (bicyclic) bond motifs is 1. The van der Waals surface area contributed by atoms with Gasteiger partial charge in [-0.2, -0.15) is 0 Å². The number of aryl methyl sites for hydroxylation is 1. The van der Waals surface area contributed by atoms with E-state index in [1.807, 2.05) is 19.9 Å². The smallest absolute Gasteiger partial charge is 0.336 e. The van der Waals surface area contributed by atoms with E-state index in [1.54, 1.807) is 6.07 Å². The molecule has 0 radical (unpaired) electrons. The number of amides is 1. The molecule has 1 fully saturated rings. The highest BCUT2D eigenvalue weighted by Gasteiger charge is 2.25. The Kier molecular flexibility index (Phi) is 8.49. The lowest BCUT2D eigenvalue weighted by Gasteiger charge is -2.31. The quantitative estimate of drug-likeness (QED) is 0.461. The molecule has 0 aliphatic carbocycles. The Labute approximate surface area is 191 Å². The molecule has 32 heavy (non-hydrogen) atoms. The van der Waals surface area contributed by atoms with Gasteiger partial charge in [0, 0.05) is 37.1 Å². The summed E-state index contributed by atoms with van der Waals surface area (Å²) in [6.45, 7) is 14.2. The number of piperidine rings is 1. The molecular formula is C26H38N2O4. The van der Waals surface area contributed by atoms with E-state index in [9.17, 15) is 9.59 Å². The maximum atomic E-state index is 12.5. The summed E-state index contributed by atoms with van der Waals surface area (Å²) in [5.41, 5.74) is 3.79. The number of likely N-dealkylation sites (tertiary alicyclic amines) is 1. The van der Waals surface area contributed by atoms with E-state index in [0.29, 0.717) is 31.2 Å². The van der Waals surface area contributed by atoms with Gasteiger partial charge >= 0.3 is 5.63 Å². The van der Waals surface area contributed by atoms with Gasteiger partial charge in [-0.05, 0) is 87.9 Å². The molecule has 1 aromatic heterocycles. The van der Waals surface area contributed by atoms with E-state index in [-0.39, 0.29) is 23.6 Å². The number of carbonyl (C=O) groups is 1. The Hall–Kier alpha value is -2.18. The molecule has 0 unspecified atom stereocenters. The summed E-state index contributed by atoms with van der Waals surface area (Å²) in [6, 6.07) is 5.79. The number of rotatable bonds is 9. The lowest BCUT2D eigenvalue weighted by molar-refractivity contribution is -0.126. The van der Waals surface area contributed by atoms with Crippen molar-refractivity contribution in [1.29, 1.82) is 0 Å². The topological polar surface area (TPSA) is 71.8 Å². The van der Waals surface area contributed by atoms with Crippen LogP contribution in [-0.4, -0.2) is 43.2 Å². The number of nitrogens with one attached hydrogen (secondary N) is 1. The first-order valence-corrected chi connectivity index (χ1v) is 11.9. The van der Waals surface area contributed by atoms with Crippen LogP contribution in [0.1, 0.15) is 69.6 Å². The summed E-state index contributed by atoms with van der Waals surface area (Å²) in [5, 5.41) is 4.07. The van der Waals surface area contributed by atoms with Crippen molar-refractivity contribution < 1.29 is 13.9 Å². The largest absolute Gasteiger partial charge is 0.423 e. The fourth-order valence-corrected chi connectivity index (χ4v) is 4.49. The molecule has 176 valence electrons. The second-order valence-electron chi connectivity index (χ2n) is 9.56. The van der Waals surface area contributed by atoms with Crippen LogP contribution in [0, 0.1) is 12.8 Å². The molecule has 0 atom stereocenters. The minimum Gasteiger partial charge on any atom is -0.423 e. The third-order valence-electron chi connectivity index (χ3n) is 6.26. The highest BCUT2D eigenvalue weighted by molar-refractivity contribution is 5.82. The van der Waals surface area contributed by atoms with Gasteiger partial charge in [-0.1, -0.05) is 13.8 Å². The molecule has 1 aliphatic rings. The molecule has 0 spiro atoms. The van der Waals surface area contributed by atoms with Crippen molar-refractivity contribution in [2.75, 3.05) is 26.2 Å². The zero-order valence-electron chi connectivity index (χ0n) is 20.2. The Bertz CT molecular complexity index is 972. The Balaban J connectivity index is 1.58. The third-order valence-corrected chi connectivity index (χ3v) is 6.26. The van der Waals surface area contributed by atoms with Crippen LogP contribution in [0.5, 0.6) is 0 Å². The van der Waals surface area contributed by atoms with Crippen molar-refractivity contribution in [2.24, 2.45) is 5.92 Å². The zero-order chi connectivity index (χ0) is 23.3. The van der Waals surface area contributed by atoms with Gasteiger partial charge in [0.25, 0.3) is 0 Å². The van der Waals surface area contributed by atoms with Crippen LogP contribution in [0.4, 0.5) is 0 Å². The zero-order valence-corrected chi connectivity index (χ0v) is 20.2. The van der Waals surface area contributed by atoms with Crippen LogP contribution in [0.25, 0.3) is 11.0 Å². The minimum absolute atomic E-state index is 0.0602. The van der Waals surface area contributed by atoms with Crippen LogP contribution in [0.2, 0.25) is 0 Å². The highest BCUT2D eigenvalue weighted by atomic mass is 16.5. The van der Waals surface area contributed by atoms with Gasteiger partial charge in [0.1, 0.15) is 5.58 Å². The van der Waals surface area contributed by atoms with Gasteiger partial charge in [0.05, 0.1) is 6.10 Å². The molecular weight excluding hydrogens is 404 g/mol. The first kappa shape index (κ1) is 24.5. The van der Waals surface area contributed by atoms with Crippen LogP contribution in [-0.2, 0) is 16.1 Å². The van der Waals surface area contributed by atoms with Gasteiger partial charge in [-0.3, -0.25) is 9.69 Å². The third kappa shape index (κ3) is 6.42. The van der Waals surface area contributed by atoms with Crippen molar-refractivity contribution in [3.63, 3.8) is 0 Å². The van der Waals surface area contributed by atoms with Crippen molar-refractivity contribution >= 4 is 16.9 Å². The van der Waals surface area contributed by atoms with E-state index < -0.39 is 0 Å². The van der Waals surface area contributed by atoms with Crippen molar-refractivity contribution in [1.82, 2.24) is 10.2 Å². The van der Waals surface area contributed by atoms with E-state index in [2.05, 4.69) is 37.1 Å². The predicted molar refractivity (Wildman–Crippen MR) is 128 cm³/mol.